The van der Waals surface area contributed by atoms with Crippen molar-refractivity contribution in [3.05, 3.63) is 46.4 Å². The molecule has 0 saturated carbocycles. The summed E-state index contributed by atoms with van der Waals surface area (Å²) in [7, 11) is 3.09. The third-order valence-corrected chi connectivity index (χ3v) is 4.61. The monoisotopic (exact) mass is 427 g/mol. The lowest BCUT2D eigenvalue weighted by molar-refractivity contribution is 0.415. The minimum atomic E-state index is -0.816. The molecule has 10 heteroatoms. The van der Waals surface area contributed by atoms with Crippen LogP contribution in [-0.4, -0.2) is 31.8 Å². The fraction of sp³-hybridized carbons (Fsp3) is 0.176. The van der Waals surface area contributed by atoms with Crippen molar-refractivity contribution in [1.82, 2.24) is 0 Å². The quantitative estimate of drug-likeness (QED) is 0.565. The van der Waals surface area contributed by atoms with E-state index in [9.17, 15) is 0 Å². The predicted molar refractivity (Wildman–Crippen MR) is 111 cm³/mol. The Kier molecular flexibility index (Phi) is 5.84. The number of rotatable bonds is 4. The summed E-state index contributed by atoms with van der Waals surface area (Å²) < 4.78 is 10.3. The molecule has 0 fully saturated rings. The molecular weight excluding hydrogens is 413 g/mol. The first kappa shape index (κ1) is 19.4. The maximum absolute atomic E-state index is 6.40. The number of guanidine groups is 2. The largest absolute Gasteiger partial charge is 0.495 e. The first-order valence-electron chi connectivity index (χ1n) is 7.72. The summed E-state index contributed by atoms with van der Waals surface area (Å²) >= 11 is 18.8. The minimum absolute atomic E-state index is 0.0490. The Morgan fingerprint density at radius 1 is 1.04 bits per heavy atom. The summed E-state index contributed by atoms with van der Waals surface area (Å²) in [4.78, 5) is 9.98. The minimum Gasteiger partial charge on any atom is -0.495 e. The van der Waals surface area contributed by atoms with Crippen molar-refractivity contribution in [3.63, 3.8) is 0 Å². The Balaban J connectivity index is 1.96. The lowest BCUT2D eigenvalue weighted by Gasteiger charge is -2.31. The number of hydrogen-bond donors (Lipinski definition) is 2. The van der Waals surface area contributed by atoms with Crippen LogP contribution in [0.5, 0.6) is 11.5 Å². The molecule has 0 aliphatic carbocycles. The van der Waals surface area contributed by atoms with Crippen LogP contribution in [0.2, 0.25) is 10.0 Å². The maximum Gasteiger partial charge on any atom is 0.221 e. The normalized spacial score (nSPS) is 16.5. The number of anilines is 2. The van der Waals surface area contributed by atoms with E-state index in [1.807, 2.05) is 0 Å². The molecule has 3 N–H and O–H groups in total. The molecule has 0 amide bonds. The molecular formula is C17H16Cl3N5O2. The van der Waals surface area contributed by atoms with Gasteiger partial charge >= 0.3 is 0 Å². The Hall–Kier alpha value is -2.35. The third-order valence-electron chi connectivity index (χ3n) is 3.72. The van der Waals surface area contributed by atoms with E-state index < -0.39 is 5.62 Å². The average Bonchev–Trinajstić information content (AvgIpc) is 2.61. The second-order valence-electron chi connectivity index (χ2n) is 5.40. The molecule has 0 spiro atoms. The molecule has 1 heterocycles. The lowest BCUT2D eigenvalue weighted by atomic mass is 10.2. The number of ether oxygens (including phenoxy) is 2. The zero-order valence-corrected chi connectivity index (χ0v) is 16.7. The van der Waals surface area contributed by atoms with Gasteiger partial charge in [0.25, 0.3) is 0 Å². The van der Waals surface area contributed by atoms with Gasteiger partial charge in [0.05, 0.1) is 24.3 Å². The highest BCUT2D eigenvalue weighted by Gasteiger charge is 2.27. The second kappa shape index (κ2) is 8.12. The van der Waals surface area contributed by atoms with Crippen molar-refractivity contribution in [2.45, 2.75) is 5.62 Å². The summed E-state index contributed by atoms with van der Waals surface area (Å²) in [5.74, 6) is 1.51. The van der Waals surface area contributed by atoms with Gasteiger partial charge in [0.15, 0.2) is 0 Å². The third kappa shape index (κ3) is 4.16. The van der Waals surface area contributed by atoms with E-state index >= 15 is 0 Å². The van der Waals surface area contributed by atoms with E-state index in [1.165, 1.54) is 0 Å². The van der Waals surface area contributed by atoms with Gasteiger partial charge in [-0.05, 0) is 36.4 Å². The summed E-state index contributed by atoms with van der Waals surface area (Å²) in [6.45, 7) is 0. The van der Waals surface area contributed by atoms with Crippen molar-refractivity contribution in [2.24, 2.45) is 15.7 Å². The zero-order valence-electron chi connectivity index (χ0n) is 14.4. The molecule has 3 rings (SSSR count). The van der Waals surface area contributed by atoms with Crippen LogP contribution in [0.25, 0.3) is 0 Å². The van der Waals surface area contributed by atoms with Gasteiger partial charge in [0.1, 0.15) is 11.5 Å². The van der Waals surface area contributed by atoms with Crippen molar-refractivity contribution in [1.29, 1.82) is 0 Å². The molecule has 0 bridgehead atoms. The van der Waals surface area contributed by atoms with E-state index in [1.54, 1.807) is 55.5 Å². The number of nitrogens with one attached hydrogen (secondary N) is 1. The molecule has 142 valence electrons. The summed E-state index contributed by atoms with van der Waals surface area (Å²) in [6.07, 6.45) is 0. The van der Waals surface area contributed by atoms with Crippen molar-refractivity contribution in [3.8, 4) is 11.5 Å². The van der Waals surface area contributed by atoms with Crippen molar-refractivity contribution < 1.29 is 9.47 Å². The van der Waals surface area contributed by atoms with E-state index in [4.69, 9.17) is 50.0 Å². The van der Waals surface area contributed by atoms with Gasteiger partial charge in [-0.25, -0.2) is 4.99 Å². The van der Waals surface area contributed by atoms with Crippen LogP contribution in [0.15, 0.2) is 46.4 Å². The molecule has 1 aliphatic rings. The van der Waals surface area contributed by atoms with Crippen LogP contribution in [0.3, 0.4) is 0 Å². The Morgan fingerprint density at radius 2 is 1.67 bits per heavy atom. The number of halogens is 3. The number of alkyl halides is 1. The number of benzene rings is 2. The summed E-state index contributed by atoms with van der Waals surface area (Å²) in [5.41, 5.74) is 6.29. The second-order valence-corrected chi connectivity index (χ2v) is 6.60. The number of hydrogen-bond acceptors (Lipinski definition) is 7. The SMILES string of the molecule is COc1ccc(NC2=NC(N)=NC(Cl)N2c2ccc(OC)c(Cl)c2)cc1Cl. The van der Waals surface area contributed by atoms with Crippen LogP contribution in [0, 0.1) is 0 Å². The topological polar surface area (TPSA) is 84.5 Å². The highest BCUT2D eigenvalue weighted by molar-refractivity contribution is 6.33. The fourth-order valence-corrected chi connectivity index (χ4v) is 3.29. The van der Waals surface area contributed by atoms with E-state index in [0.29, 0.717) is 38.9 Å². The van der Waals surface area contributed by atoms with Gasteiger partial charge in [0.2, 0.25) is 17.5 Å². The van der Waals surface area contributed by atoms with Crippen LogP contribution in [0.4, 0.5) is 11.4 Å². The van der Waals surface area contributed by atoms with Crippen LogP contribution >= 0.6 is 34.8 Å². The molecule has 2 aromatic rings. The van der Waals surface area contributed by atoms with Crippen LogP contribution < -0.4 is 25.4 Å². The van der Waals surface area contributed by atoms with E-state index in [2.05, 4.69) is 15.3 Å². The van der Waals surface area contributed by atoms with Gasteiger partial charge < -0.3 is 20.5 Å². The Bertz CT molecular complexity index is 919. The fourth-order valence-electron chi connectivity index (χ4n) is 2.47. The zero-order chi connectivity index (χ0) is 19.6. The lowest BCUT2D eigenvalue weighted by Crippen LogP contribution is -2.45. The number of nitrogens with two attached hydrogens (primary N) is 1. The molecule has 2 aromatic carbocycles. The highest BCUT2D eigenvalue weighted by atomic mass is 35.5. The average molecular weight is 429 g/mol. The predicted octanol–water partition coefficient (Wildman–Crippen LogP) is 4.14. The molecule has 1 aliphatic heterocycles. The standard InChI is InChI=1S/C17H16Cl3N5O2/c1-26-13-5-3-9(7-11(13)18)22-17-24-16(21)23-15(20)25(17)10-4-6-14(27-2)12(19)8-10/h3-8,15H,1-2H3,(H3,21,22,23,24). The number of methoxy groups -OCH3 is 2. The first-order chi connectivity index (χ1) is 12.9. The van der Waals surface area contributed by atoms with E-state index in [0.717, 1.165) is 0 Å². The van der Waals surface area contributed by atoms with E-state index in [-0.39, 0.29) is 5.96 Å². The summed E-state index contributed by atoms with van der Waals surface area (Å²) in [6, 6.07) is 10.4. The van der Waals surface area contributed by atoms with Crippen LogP contribution in [0.1, 0.15) is 0 Å². The molecule has 1 atom stereocenters. The number of aliphatic imine (C=N–C) groups is 2. The van der Waals surface area contributed by atoms with Gasteiger partial charge in [-0.1, -0.05) is 34.8 Å². The Morgan fingerprint density at radius 3 is 2.26 bits per heavy atom. The van der Waals surface area contributed by atoms with Crippen molar-refractivity contribution in [2.75, 3.05) is 24.4 Å². The van der Waals surface area contributed by atoms with Gasteiger partial charge in [-0.2, -0.15) is 4.99 Å². The number of nitrogens with zero attached hydrogens (tertiary/aromatic N) is 3. The summed E-state index contributed by atoms with van der Waals surface area (Å²) in [5, 5.41) is 4.02. The smallest absolute Gasteiger partial charge is 0.221 e. The first-order valence-corrected chi connectivity index (χ1v) is 8.91. The molecule has 0 aromatic heterocycles. The maximum atomic E-state index is 6.40. The van der Waals surface area contributed by atoms with Gasteiger partial charge in [-0.15, -0.1) is 0 Å². The van der Waals surface area contributed by atoms with Crippen molar-refractivity contribution >= 4 is 58.1 Å². The van der Waals surface area contributed by atoms with Crippen LogP contribution in [-0.2, 0) is 0 Å². The highest BCUT2D eigenvalue weighted by Crippen LogP contribution is 2.33. The van der Waals surface area contributed by atoms with Gasteiger partial charge in [-0.3, -0.25) is 4.90 Å². The molecule has 0 saturated heterocycles. The molecule has 27 heavy (non-hydrogen) atoms. The molecule has 0 radical (unpaired) electrons. The Labute approximate surface area is 171 Å². The van der Waals surface area contributed by atoms with Gasteiger partial charge in [0, 0.05) is 11.4 Å². The molecule has 7 nitrogen and oxygen atoms in total. The molecule has 1 unspecified atom stereocenters.